The van der Waals surface area contributed by atoms with E-state index < -0.39 is 11.9 Å². The summed E-state index contributed by atoms with van der Waals surface area (Å²) in [6.45, 7) is 4.16. The van der Waals surface area contributed by atoms with E-state index >= 15 is 0 Å². The molecule has 1 unspecified atom stereocenters. The molecular formula is C31H24N4O4. The molecule has 1 fully saturated rings. The number of hydrogen-bond donors (Lipinski definition) is 0. The fourth-order valence-corrected chi connectivity index (χ4v) is 5.31. The Labute approximate surface area is 226 Å². The summed E-state index contributed by atoms with van der Waals surface area (Å²) in [5, 5.41) is 30.4. The molecule has 0 spiro atoms. The van der Waals surface area contributed by atoms with Crippen LogP contribution in [0.3, 0.4) is 0 Å². The predicted molar refractivity (Wildman–Crippen MR) is 141 cm³/mol. The molecule has 1 aliphatic carbocycles. The number of ketones is 1. The van der Waals surface area contributed by atoms with Crippen molar-refractivity contribution in [3.8, 4) is 12.1 Å². The van der Waals surface area contributed by atoms with Crippen LogP contribution in [0.4, 0.5) is 5.69 Å². The van der Waals surface area contributed by atoms with Gasteiger partial charge in [0.05, 0.1) is 23.5 Å². The van der Waals surface area contributed by atoms with Gasteiger partial charge in [-0.05, 0) is 25.5 Å². The lowest BCUT2D eigenvalue weighted by Gasteiger charge is -2.30. The zero-order valence-corrected chi connectivity index (χ0v) is 21.9. The fourth-order valence-electron chi connectivity index (χ4n) is 5.31. The Bertz CT molecular complexity index is 1670. The largest absolute Gasteiger partial charge is 0.545 e. The number of nitrogens with zero attached hydrogens (tertiary/aromatic N) is 4. The summed E-state index contributed by atoms with van der Waals surface area (Å²) in [5.74, 6) is -1.49. The quantitative estimate of drug-likeness (QED) is 0.347. The molecule has 2 heterocycles. The second-order valence-electron chi connectivity index (χ2n) is 10.1. The van der Waals surface area contributed by atoms with Gasteiger partial charge in [-0.3, -0.25) is 4.79 Å². The van der Waals surface area contributed by atoms with Gasteiger partial charge in [0, 0.05) is 41.5 Å². The third-order valence-corrected chi connectivity index (χ3v) is 7.45. The van der Waals surface area contributed by atoms with E-state index in [1.165, 1.54) is 12.1 Å². The number of aromatic carboxylic acids is 1. The van der Waals surface area contributed by atoms with Crippen LogP contribution in [0.1, 0.15) is 35.3 Å². The molecule has 0 radical (unpaired) electrons. The zero-order valence-electron chi connectivity index (χ0n) is 21.9. The van der Waals surface area contributed by atoms with Gasteiger partial charge in [-0.15, -0.1) is 0 Å². The number of para-hydroxylation sites is 1. The highest BCUT2D eigenvalue weighted by Gasteiger charge is 2.47. The van der Waals surface area contributed by atoms with E-state index in [0.29, 0.717) is 28.4 Å². The second kappa shape index (κ2) is 9.27. The minimum absolute atomic E-state index is 0.0493. The molecule has 8 heteroatoms. The highest BCUT2D eigenvalue weighted by molar-refractivity contribution is 6.19. The highest BCUT2D eigenvalue weighted by atomic mass is 16.5. The number of benzene rings is 2. The van der Waals surface area contributed by atoms with E-state index in [1.54, 1.807) is 42.4 Å². The number of rotatable bonds is 4. The van der Waals surface area contributed by atoms with Gasteiger partial charge in [0.15, 0.2) is 23.1 Å². The van der Waals surface area contributed by atoms with Crippen molar-refractivity contribution >= 4 is 28.9 Å². The van der Waals surface area contributed by atoms with Gasteiger partial charge in [0.1, 0.15) is 24.8 Å². The second-order valence-corrected chi connectivity index (χ2v) is 10.1. The van der Waals surface area contributed by atoms with Crippen molar-refractivity contribution in [3.05, 3.63) is 106 Å². The predicted octanol–water partition coefficient (Wildman–Crippen LogP) is 3.33. The van der Waals surface area contributed by atoms with Crippen LogP contribution in [0.5, 0.6) is 0 Å². The van der Waals surface area contributed by atoms with Gasteiger partial charge in [0.2, 0.25) is 5.69 Å². The Morgan fingerprint density at radius 1 is 1.13 bits per heavy atom. The van der Waals surface area contributed by atoms with Crippen LogP contribution < -0.4 is 5.11 Å². The van der Waals surface area contributed by atoms with Crippen molar-refractivity contribution in [2.24, 2.45) is 5.92 Å². The van der Waals surface area contributed by atoms with Crippen LogP contribution in [0.15, 0.2) is 89.5 Å². The molecule has 2 aromatic carbocycles. The van der Waals surface area contributed by atoms with E-state index in [-0.39, 0.29) is 22.3 Å². The lowest BCUT2D eigenvalue weighted by atomic mass is 9.69. The number of ether oxygens (including phenoxy) is 1. The standard InChI is InChI=1S/C31H24N4O4/c1-31(2)23-7-5-6-8-24(23)35(4)26(31)13-21-28(20(15-32)16-33)22(29(21)36)14-27-34(3)17-25(39-27)18-9-11-19(12-10-18)30(37)38/h5-14,17,22H,1-4H3/b21-13-,27-14-. The third-order valence-electron chi connectivity index (χ3n) is 7.45. The van der Waals surface area contributed by atoms with E-state index in [0.717, 1.165) is 17.0 Å². The number of carboxylic acid groups (broad SMARTS) is 1. The van der Waals surface area contributed by atoms with E-state index in [4.69, 9.17) is 4.74 Å². The molecule has 2 aromatic rings. The molecule has 0 aromatic heterocycles. The summed E-state index contributed by atoms with van der Waals surface area (Å²) in [4.78, 5) is 26.2. The normalized spacial score (nSPS) is 21.2. The van der Waals surface area contributed by atoms with Crippen molar-refractivity contribution in [1.29, 1.82) is 10.5 Å². The van der Waals surface area contributed by atoms with Crippen LogP contribution >= 0.6 is 0 Å². The number of Topliss-reactive ketones (excluding diaryl/α,β-unsaturated/α-hetero) is 1. The summed E-state index contributed by atoms with van der Waals surface area (Å²) >= 11 is 0. The van der Waals surface area contributed by atoms with E-state index in [1.807, 2.05) is 42.0 Å². The smallest absolute Gasteiger partial charge is 0.209 e. The molecule has 39 heavy (non-hydrogen) atoms. The van der Waals surface area contributed by atoms with E-state index in [9.17, 15) is 25.2 Å². The number of nitriles is 2. The molecule has 192 valence electrons. The van der Waals surface area contributed by atoms with Gasteiger partial charge >= 0.3 is 0 Å². The first-order valence-corrected chi connectivity index (χ1v) is 12.3. The minimum Gasteiger partial charge on any atom is -0.545 e. The molecule has 0 amide bonds. The van der Waals surface area contributed by atoms with Gasteiger partial charge in [0.25, 0.3) is 0 Å². The topological polar surface area (TPSA) is 120 Å². The van der Waals surface area contributed by atoms with Gasteiger partial charge < -0.3 is 19.5 Å². The molecule has 0 bridgehead atoms. The van der Waals surface area contributed by atoms with Crippen LogP contribution in [-0.2, 0) is 14.9 Å². The van der Waals surface area contributed by atoms with Crippen LogP contribution in [0, 0.1) is 28.6 Å². The number of allylic oxidation sites excluding steroid dienone is 5. The molecule has 2 aliphatic heterocycles. The Kier molecular flexibility index (Phi) is 6.05. The summed E-state index contributed by atoms with van der Waals surface area (Å²) in [6, 6.07) is 18.0. The number of carbonyl (C=O) groups is 2. The van der Waals surface area contributed by atoms with Gasteiger partial charge in [-0.25, -0.2) is 0 Å². The maximum atomic E-state index is 13.5. The van der Waals surface area contributed by atoms with Crippen molar-refractivity contribution in [1.82, 2.24) is 4.90 Å². The van der Waals surface area contributed by atoms with Crippen LogP contribution in [0.25, 0.3) is 5.76 Å². The molecule has 0 N–H and O–H groups in total. The first-order chi connectivity index (χ1) is 18.6. The molecular weight excluding hydrogens is 492 g/mol. The highest BCUT2D eigenvalue weighted by Crippen LogP contribution is 2.44. The third kappa shape index (κ3) is 4.03. The van der Waals surface area contributed by atoms with Crippen LogP contribution in [-0.4, -0.2) is 41.0 Å². The van der Waals surface area contributed by atoms with E-state index in [2.05, 4.69) is 19.9 Å². The number of fused-ring (bicyclic) bond motifs is 1. The van der Waals surface area contributed by atoms with Crippen molar-refractivity contribution in [2.75, 3.05) is 14.1 Å². The van der Waals surface area contributed by atoms with Gasteiger partial charge in [-0.1, -0.05) is 42.5 Å². The summed E-state index contributed by atoms with van der Waals surface area (Å²) in [7, 11) is 3.69. The monoisotopic (exact) mass is 516 g/mol. The van der Waals surface area contributed by atoms with Crippen molar-refractivity contribution < 1.29 is 24.0 Å². The fraction of sp³-hybridized carbons (Fsp3) is 0.194. The lowest BCUT2D eigenvalue weighted by Crippen LogP contribution is -2.36. The Balaban J connectivity index is 1.48. The summed E-state index contributed by atoms with van der Waals surface area (Å²) in [6.07, 6.45) is 5.11. The van der Waals surface area contributed by atoms with Crippen LogP contribution in [0.2, 0.25) is 0 Å². The first kappa shape index (κ1) is 25.4. The molecule has 1 saturated carbocycles. The van der Waals surface area contributed by atoms with Crippen molar-refractivity contribution in [3.63, 3.8) is 0 Å². The Morgan fingerprint density at radius 2 is 1.79 bits per heavy atom. The average Bonchev–Trinajstić information content (AvgIpc) is 3.39. The maximum absolute atomic E-state index is 13.5. The molecule has 5 rings (SSSR count). The molecule has 0 saturated heterocycles. The summed E-state index contributed by atoms with van der Waals surface area (Å²) in [5.41, 5.74) is 3.96. The average molecular weight is 517 g/mol. The SMILES string of the molecule is CN1C=C(c2ccc(C(=O)[O-])cc2)O/C1=C\C1C(=O)/C(=C\C2=[N+](C)c3ccccc3C2(C)C)C1=C(C#N)C#N. The molecule has 1 atom stereocenters. The molecule has 3 aliphatic rings. The lowest BCUT2D eigenvalue weighted by molar-refractivity contribution is -0.401. The first-order valence-electron chi connectivity index (χ1n) is 12.3. The number of carboxylic acids is 1. The minimum atomic E-state index is -1.27. The Morgan fingerprint density at radius 3 is 2.41 bits per heavy atom. The number of hydrogen-bond acceptors (Lipinski definition) is 7. The number of carbonyl (C=O) groups excluding carboxylic acids is 2. The Hall–Kier alpha value is -5.21. The zero-order chi connectivity index (χ0) is 28.1. The molecule has 8 nitrogen and oxygen atoms in total. The van der Waals surface area contributed by atoms with Gasteiger partial charge in [-0.2, -0.15) is 15.1 Å². The van der Waals surface area contributed by atoms with Crippen molar-refractivity contribution in [2.45, 2.75) is 19.3 Å². The maximum Gasteiger partial charge on any atom is 0.209 e. The summed E-state index contributed by atoms with van der Waals surface area (Å²) < 4.78 is 8.02.